The number of aromatic nitrogens is 2. The summed E-state index contributed by atoms with van der Waals surface area (Å²) in [7, 11) is 4.66. The minimum Gasteiger partial charge on any atom is -0.341 e. The van der Waals surface area contributed by atoms with Gasteiger partial charge in [0.15, 0.2) is 0 Å². The van der Waals surface area contributed by atoms with E-state index in [1.165, 1.54) is 22.7 Å². The van der Waals surface area contributed by atoms with E-state index >= 15 is 0 Å². The largest absolute Gasteiger partial charge is 0.341 e. The van der Waals surface area contributed by atoms with Crippen LogP contribution in [0.1, 0.15) is 25.3 Å². The van der Waals surface area contributed by atoms with Crippen LogP contribution in [0, 0.1) is 5.92 Å². The molecule has 0 aliphatic heterocycles. The maximum absolute atomic E-state index is 12.0. The highest BCUT2D eigenvalue weighted by molar-refractivity contribution is 5.75. The number of aryl methyl sites for hydroxylation is 1. The average Bonchev–Trinajstić information content (AvgIpc) is 2.47. The predicted octanol–water partition coefficient (Wildman–Crippen LogP) is -0.583. The summed E-state index contributed by atoms with van der Waals surface area (Å²) in [4.78, 5) is 37.1. The van der Waals surface area contributed by atoms with Gasteiger partial charge in [0.1, 0.15) is 0 Å². The number of amides is 1. The van der Waals surface area contributed by atoms with Gasteiger partial charge in [-0.3, -0.25) is 14.2 Å². The zero-order valence-corrected chi connectivity index (χ0v) is 13.1. The van der Waals surface area contributed by atoms with Crippen molar-refractivity contribution in [3.05, 3.63) is 32.6 Å². The van der Waals surface area contributed by atoms with Gasteiger partial charge in [0.05, 0.1) is 12.1 Å². The lowest BCUT2D eigenvalue weighted by Crippen LogP contribution is -2.40. The van der Waals surface area contributed by atoms with Gasteiger partial charge >= 0.3 is 5.69 Å². The summed E-state index contributed by atoms with van der Waals surface area (Å²) < 4.78 is 2.38. The molecular weight excluding hydrogens is 272 g/mol. The van der Waals surface area contributed by atoms with Gasteiger partial charge in [-0.25, -0.2) is 4.79 Å². The van der Waals surface area contributed by atoms with E-state index in [0.717, 1.165) is 11.0 Å². The Labute approximate surface area is 124 Å². The van der Waals surface area contributed by atoms with Gasteiger partial charge in [-0.05, 0) is 18.9 Å². The third-order valence-corrected chi connectivity index (χ3v) is 3.60. The number of carbonyl (C=O) groups is 1. The molecule has 0 bridgehead atoms. The Morgan fingerprint density at radius 2 is 2.00 bits per heavy atom. The Bertz CT molecular complexity index is 618. The van der Waals surface area contributed by atoms with E-state index in [0.29, 0.717) is 24.4 Å². The molecule has 1 aromatic rings. The van der Waals surface area contributed by atoms with E-state index in [2.05, 4.69) is 0 Å². The van der Waals surface area contributed by atoms with Gasteiger partial charge in [0, 0.05) is 33.8 Å². The van der Waals surface area contributed by atoms with E-state index in [1.54, 1.807) is 14.1 Å². The van der Waals surface area contributed by atoms with Gasteiger partial charge in [0.2, 0.25) is 5.91 Å². The highest BCUT2D eigenvalue weighted by atomic mass is 16.2. The molecule has 0 spiro atoms. The molecule has 0 fully saturated rings. The molecule has 118 valence electrons. The van der Waals surface area contributed by atoms with Crippen molar-refractivity contribution >= 4 is 5.91 Å². The molecule has 1 aromatic heterocycles. The van der Waals surface area contributed by atoms with Gasteiger partial charge in [-0.1, -0.05) is 6.92 Å². The molecule has 0 aliphatic carbocycles. The molecule has 21 heavy (non-hydrogen) atoms. The monoisotopic (exact) mass is 296 g/mol. The van der Waals surface area contributed by atoms with Crippen LogP contribution in [-0.4, -0.2) is 33.5 Å². The van der Waals surface area contributed by atoms with Crippen molar-refractivity contribution in [2.75, 3.05) is 13.6 Å². The second-order valence-corrected chi connectivity index (χ2v) is 5.54. The predicted molar refractivity (Wildman–Crippen MR) is 80.9 cm³/mol. The minimum absolute atomic E-state index is 0.0359. The maximum atomic E-state index is 12.0. The molecule has 1 rings (SSSR count). The molecule has 0 aromatic carbocycles. The third kappa shape index (κ3) is 4.29. The number of hydrogen-bond acceptors (Lipinski definition) is 4. The molecule has 1 unspecified atom stereocenters. The normalized spacial score (nSPS) is 12.2. The fourth-order valence-corrected chi connectivity index (χ4v) is 2.01. The van der Waals surface area contributed by atoms with E-state index in [-0.39, 0.29) is 23.7 Å². The molecule has 0 saturated heterocycles. The molecule has 1 atom stereocenters. The number of nitrogens with zero attached hydrogens (tertiary/aromatic N) is 3. The lowest BCUT2D eigenvalue weighted by molar-refractivity contribution is -0.130. The minimum atomic E-state index is -0.380. The lowest BCUT2D eigenvalue weighted by Gasteiger charge is -2.18. The zero-order valence-electron chi connectivity index (χ0n) is 13.1. The van der Waals surface area contributed by atoms with Gasteiger partial charge in [-0.15, -0.1) is 0 Å². The number of hydrogen-bond donors (Lipinski definition) is 1. The van der Waals surface area contributed by atoms with Crippen molar-refractivity contribution < 1.29 is 4.79 Å². The van der Waals surface area contributed by atoms with Crippen LogP contribution in [0.5, 0.6) is 0 Å². The second-order valence-electron chi connectivity index (χ2n) is 5.54. The molecule has 0 aliphatic rings. The Kier molecular flexibility index (Phi) is 5.90. The van der Waals surface area contributed by atoms with Gasteiger partial charge in [0.25, 0.3) is 5.56 Å². The molecule has 0 saturated carbocycles. The fourth-order valence-electron chi connectivity index (χ4n) is 2.01. The van der Waals surface area contributed by atoms with Crippen molar-refractivity contribution in [2.45, 2.75) is 26.3 Å². The summed E-state index contributed by atoms with van der Waals surface area (Å²) >= 11 is 0. The quantitative estimate of drug-likeness (QED) is 0.760. The van der Waals surface area contributed by atoms with E-state index < -0.39 is 0 Å². The van der Waals surface area contributed by atoms with Crippen LogP contribution in [0.3, 0.4) is 0 Å². The summed E-state index contributed by atoms with van der Waals surface area (Å²) in [6, 6.07) is 0. The highest BCUT2D eigenvalue weighted by Gasteiger charge is 2.14. The summed E-state index contributed by atoms with van der Waals surface area (Å²) in [5.74, 6) is 0.263. The highest BCUT2D eigenvalue weighted by Crippen LogP contribution is 2.06. The molecular formula is C14H24N4O3. The first kappa shape index (κ1) is 17.2. The smallest absolute Gasteiger partial charge is 0.330 e. The van der Waals surface area contributed by atoms with E-state index in [1.807, 2.05) is 6.92 Å². The summed E-state index contributed by atoms with van der Waals surface area (Å²) in [5, 5.41) is 0. The Morgan fingerprint density at radius 3 is 2.57 bits per heavy atom. The zero-order chi connectivity index (χ0) is 16.2. The standard InChI is InChI=1S/C14H24N4O3/c1-10(7-15)5-6-12(19)16(2)8-11-9-17(3)14(21)18(4)13(11)20/h9-10H,5-8,15H2,1-4H3. The van der Waals surface area contributed by atoms with Crippen LogP contribution in [0.2, 0.25) is 0 Å². The molecule has 2 N–H and O–H groups in total. The molecule has 1 amide bonds. The Hall–Kier alpha value is -1.89. The van der Waals surface area contributed by atoms with Crippen LogP contribution in [-0.2, 0) is 25.4 Å². The number of rotatable bonds is 6. The summed E-state index contributed by atoms with van der Waals surface area (Å²) in [6.45, 7) is 2.74. The van der Waals surface area contributed by atoms with Gasteiger partial charge < -0.3 is 15.2 Å². The number of nitrogens with two attached hydrogens (primary N) is 1. The van der Waals surface area contributed by atoms with Crippen molar-refractivity contribution in [3.63, 3.8) is 0 Å². The summed E-state index contributed by atoms with van der Waals surface area (Å²) in [5.41, 5.74) is 5.20. The van der Waals surface area contributed by atoms with E-state index in [9.17, 15) is 14.4 Å². The molecule has 7 nitrogen and oxygen atoms in total. The van der Waals surface area contributed by atoms with Crippen LogP contribution in [0.15, 0.2) is 15.8 Å². The van der Waals surface area contributed by atoms with Crippen molar-refractivity contribution in [2.24, 2.45) is 25.7 Å². The summed E-state index contributed by atoms with van der Waals surface area (Å²) in [6.07, 6.45) is 2.61. The Balaban J connectivity index is 2.80. The first-order valence-electron chi connectivity index (χ1n) is 6.97. The number of carbonyl (C=O) groups excluding carboxylic acids is 1. The van der Waals surface area contributed by atoms with Crippen LogP contribution in [0.25, 0.3) is 0 Å². The maximum Gasteiger partial charge on any atom is 0.330 e. The average molecular weight is 296 g/mol. The van der Waals surface area contributed by atoms with Crippen molar-refractivity contribution in [3.8, 4) is 0 Å². The van der Waals surface area contributed by atoms with Crippen molar-refractivity contribution in [1.82, 2.24) is 14.0 Å². The second kappa shape index (κ2) is 7.21. The lowest BCUT2D eigenvalue weighted by atomic mass is 10.1. The molecule has 0 radical (unpaired) electrons. The first-order valence-corrected chi connectivity index (χ1v) is 6.97. The van der Waals surface area contributed by atoms with Crippen LogP contribution < -0.4 is 17.0 Å². The van der Waals surface area contributed by atoms with Crippen LogP contribution in [0.4, 0.5) is 0 Å². The fraction of sp³-hybridized carbons (Fsp3) is 0.643. The first-order chi connectivity index (χ1) is 9.77. The van der Waals surface area contributed by atoms with E-state index in [4.69, 9.17) is 5.73 Å². The molecule has 7 heteroatoms. The van der Waals surface area contributed by atoms with Crippen molar-refractivity contribution in [1.29, 1.82) is 0 Å². The SMILES string of the molecule is CC(CN)CCC(=O)N(C)Cc1cn(C)c(=O)n(C)c1=O. The third-order valence-electron chi connectivity index (χ3n) is 3.60. The molecule has 1 heterocycles. The Morgan fingerprint density at radius 1 is 1.38 bits per heavy atom. The van der Waals surface area contributed by atoms with Gasteiger partial charge in [-0.2, -0.15) is 0 Å². The topological polar surface area (TPSA) is 90.3 Å². The van der Waals surface area contributed by atoms with Crippen LogP contribution >= 0.6 is 0 Å².